The summed E-state index contributed by atoms with van der Waals surface area (Å²) >= 11 is 0. The topological polar surface area (TPSA) is 214 Å². The maximum absolute atomic E-state index is 14.2. The highest BCUT2D eigenvalue weighted by molar-refractivity contribution is 5.99. The minimum absolute atomic E-state index is 0.0447. The van der Waals surface area contributed by atoms with Crippen molar-refractivity contribution in [1.29, 1.82) is 0 Å². The molecule has 0 spiro atoms. The molecule has 18 heteroatoms. The molecule has 3 rings (SSSR count). The Morgan fingerprint density at radius 3 is 1.33 bits per heavy atom. The van der Waals surface area contributed by atoms with Gasteiger partial charge in [-0.1, -0.05) is 27.7 Å². The molecule has 3 aliphatic rings. The van der Waals surface area contributed by atoms with Gasteiger partial charge < -0.3 is 40.0 Å². The van der Waals surface area contributed by atoms with E-state index in [2.05, 4.69) is 10.6 Å². The van der Waals surface area contributed by atoms with Crippen LogP contribution < -0.4 is 10.6 Å². The van der Waals surface area contributed by atoms with Gasteiger partial charge in [0, 0.05) is 66.0 Å². The average molecular weight is 859 g/mol. The molecule has 0 aliphatic carbocycles. The number of nitrogens with zero attached hydrogens (tertiary/aromatic N) is 6. The van der Waals surface area contributed by atoms with E-state index in [9.17, 15) is 47.9 Å². The highest BCUT2D eigenvalue weighted by Crippen LogP contribution is 2.26. The molecule has 8 amide bonds. The molecule has 3 fully saturated rings. The van der Waals surface area contributed by atoms with Crippen LogP contribution in [0.1, 0.15) is 107 Å². The average Bonchev–Trinajstić information content (AvgIpc) is 3.92. The van der Waals surface area contributed by atoms with Crippen molar-refractivity contribution < 1.29 is 47.9 Å². The Balaban J connectivity index is 1.96. The third-order valence-electron chi connectivity index (χ3n) is 13.0. The van der Waals surface area contributed by atoms with Crippen molar-refractivity contribution >= 4 is 58.8 Å². The van der Waals surface area contributed by atoms with Crippen molar-refractivity contribution in [2.24, 2.45) is 17.8 Å². The van der Waals surface area contributed by atoms with E-state index in [-0.39, 0.29) is 49.8 Å². The Labute approximate surface area is 360 Å². The Morgan fingerprint density at radius 2 is 0.869 bits per heavy atom. The summed E-state index contributed by atoms with van der Waals surface area (Å²) in [5.41, 5.74) is 0. The summed E-state index contributed by atoms with van der Waals surface area (Å²) in [6, 6.07) is -7.94. The van der Waals surface area contributed by atoms with E-state index in [1.54, 1.807) is 27.7 Å². The highest BCUT2D eigenvalue weighted by atomic mass is 16.2. The number of carbonyl (C=O) groups excluding carboxylic acids is 10. The molecule has 3 saturated heterocycles. The third kappa shape index (κ3) is 11.7. The number of ketones is 2. The molecule has 342 valence electrons. The SMILES string of the molecule is CC(C)C[C@@H]1NC(=O)[C@H](C)N(C)C(=O)C(C)NC(=O)C(C)N(C)C(=O)[C@H]2CCCN2C(=O)[C@H](C)CC(=O)[C@H](C)N(C)C(=O)C(C)CC(=O)C(C)N(C)C(=O)[C@H]2CCCN2C1=O. The second kappa shape index (κ2) is 21.3. The van der Waals surface area contributed by atoms with Gasteiger partial charge in [-0.25, -0.2) is 0 Å². The van der Waals surface area contributed by atoms with Crippen molar-refractivity contribution in [1.82, 2.24) is 40.0 Å². The van der Waals surface area contributed by atoms with Crippen LogP contribution in [0.15, 0.2) is 0 Å². The molecule has 18 nitrogen and oxygen atoms in total. The number of carbonyl (C=O) groups is 10. The van der Waals surface area contributed by atoms with E-state index in [0.717, 1.165) is 4.90 Å². The molecule has 3 aliphatic heterocycles. The zero-order valence-electron chi connectivity index (χ0n) is 38.5. The van der Waals surface area contributed by atoms with Gasteiger partial charge >= 0.3 is 0 Å². The van der Waals surface area contributed by atoms with E-state index < -0.39 is 107 Å². The van der Waals surface area contributed by atoms with Crippen LogP contribution in [0.2, 0.25) is 0 Å². The molecule has 3 heterocycles. The fourth-order valence-electron chi connectivity index (χ4n) is 8.23. The van der Waals surface area contributed by atoms with Crippen LogP contribution in [0.25, 0.3) is 0 Å². The quantitative estimate of drug-likeness (QED) is 0.395. The lowest BCUT2D eigenvalue weighted by molar-refractivity contribution is -0.149. The van der Waals surface area contributed by atoms with Crippen molar-refractivity contribution in [3.05, 3.63) is 0 Å². The number of fused-ring (bicyclic) bond motifs is 2. The smallest absolute Gasteiger partial charge is 0.245 e. The zero-order valence-corrected chi connectivity index (χ0v) is 38.5. The Kier molecular flexibility index (Phi) is 17.6. The van der Waals surface area contributed by atoms with Gasteiger partial charge in [-0.05, 0) is 72.6 Å². The molecular weight excluding hydrogens is 789 g/mol. The van der Waals surface area contributed by atoms with Crippen molar-refractivity contribution in [2.75, 3.05) is 41.3 Å². The van der Waals surface area contributed by atoms with E-state index >= 15 is 0 Å². The molecule has 2 N–H and O–H groups in total. The fraction of sp³-hybridized carbons (Fsp3) is 0.767. The maximum Gasteiger partial charge on any atom is 0.245 e. The van der Waals surface area contributed by atoms with Gasteiger partial charge in [-0.2, -0.15) is 0 Å². The number of rotatable bonds is 2. The molecule has 61 heavy (non-hydrogen) atoms. The number of Topliss-reactive ketones (excluding diaryl/α,β-unsaturated/α-hetero) is 2. The van der Waals surface area contributed by atoms with Crippen molar-refractivity contribution in [3.63, 3.8) is 0 Å². The summed E-state index contributed by atoms with van der Waals surface area (Å²) in [6.45, 7) is 15.0. The Morgan fingerprint density at radius 1 is 0.492 bits per heavy atom. The number of hydrogen-bond acceptors (Lipinski definition) is 10. The summed E-state index contributed by atoms with van der Waals surface area (Å²) in [6.07, 6.45) is 1.54. The van der Waals surface area contributed by atoms with E-state index in [4.69, 9.17) is 0 Å². The first-order chi connectivity index (χ1) is 28.3. The van der Waals surface area contributed by atoms with Gasteiger partial charge in [0.05, 0.1) is 12.1 Å². The van der Waals surface area contributed by atoms with Crippen LogP contribution in [-0.4, -0.2) is 178 Å². The first-order valence-corrected chi connectivity index (χ1v) is 21.7. The molecule has 0 aromatic rings. The molecule has 0 saturated carbocycles. The number of likely N-dealkylation sites (N-methyl/N-ethyl adjacent to an activating group) is 4. The molecule has 0 aromatic heterocycles. The second-order valence-electron chi connectivity index (χ2n) is 17.9. The van der Waals surface area contributed by atoms with Crippen molar-refractivity contribution in [3.8, 4) is 0 Å². The predicted molar refractivity (Wildman–Crippen MR) is 225 cm³/mol. The first-order valence-electron chi connectivity index (χ1n) is 21.7. The van der Waals surface area contributed by atoms with E-state index in [1.807, 2.05) is 13.8 Å². The van der Waals surface area contributed by atoms with Crippen LogP contribution >= 0.6 is 0 Å². The maximum atomic E-state index is 14.2. The third-order valence-corrected chi connectivity index (χ3v) is 13.0. The Hall–Kier alpha value is -4.90. The van der Waals surface area contributed by atoms with Gasteiger partial charge in [-0.3, -0.25) is 47.9 Å². The molecule has 0 aromatic carbocycles. The van der Waals surface area contributed by atoms with Crippen LogP contribution in [0.5, 0.6) is 0 Å². The minimum Gasteiger partial charge on any atom is -0.343 e. The van der Waals surface area contributed by atoms with Gasteiger partial charge in [-0.15, -0.1) is 0 Å². The van der Waals surface area contributed by atoms with Crippen LogP contribution in [0, 0.1) is 17.8 Å². The van der Waals surface area contributed by atoms with Crippen LogP contribution in [0.3, 0.4) is 0 Å². The molecular formula is C43H70N8O10. The number of nitrogens with one attached hydrogen (secondary N) is 2. The monoisotopic (exact) mass is 859 g/mol. The normalized spacial score (nSPS) is 32.4. The molecule has 0 bridgehead atoms. The lowest BCUT2D eigenvalue weighted by atomic mass is 9.95. The van der Waals surface area contributed by atoms with Gasteiger partial charge in [0.15, 0.2) is 11.6 Å². The second-order valence-corrected chi connectivity index (χ2v) is 17.9. The van der Waals surface area contributed by atoms with Gasteiger partial charge in [0.25, 0.3) is 0 Å². The summed E-state index contributed by atoms with van der Waals surface area (Å²) < 4.78 is 0. The lowest BCUT2D eigenvalue weighted by Gasteiger charge is -2.35. The van der Waals surface area contributed by atoms with Crippen molar-refractivity contribution in [2.45, 2.75) is 156 Å². The standard InChI is InChI=1S/C43H70N8O10/c1-23(2)20-31-41(59)51-19-15-17-33(51)42(60)47(11)28(7)34(52)21-24(3)38(56)46(10)27(6)35(53)22-25(4)39(57)50-18-14-16-32(50)43(61)49(13)29(8)36(54)44-26(5)40(58)48(12)30(9)37(55)45-31/h23-33H,14-22H2,1-13H3,(H,44,54)(H,45,55)/t24?,25-,26?,27+,28?,29?,30+,31+,32-,33-/m1/s1. The molecule has 10 atom stereocenters. The minimum atomic E-state index is -1.11. The van der Waals surface area contributed by atoms with Gasteiger partial charge in [0.1, 0.15) is 36.3 Å². The Bertz CT molecular complexity index is 1720. The summed E-state index contributed by atoms with van der Waals surface area (Å²) in [7, 11) is 5.77. The number of hydrogen-bond donors (Lipinski definition) is 2. The predicted octanol–water partition coefficient (Wildman–Crippen LogP) is 0.596. The highest BCUT2D eigenvalue weighted by Gasteiger charge is 2.43. The summed E-state index contributed by atoms with van der Waals surface area (Å²) in [5, 5.41) is 5.43. The largest absolute Gasteiger partial charge is 0.343 e. The number of amides is 8. The lowest BCUT2D eigenvalue weighted by Crippen LogP contribution is -2.59. The zero-order chi connectivity index (χ0) is 46.4. The summed E-state index contributed by atoms with van der Waals surface area (Å²) in [4.78, 5) is 145. The van der Waals surface area contributed by atoms with E-state index in [1.165, 1.54) is 73.5 Å². The van der Waals surface area contributed by atoms with Crippen LogP contribution in [0.4, 0.5) is 0 Å². The van der Waals surface area contributed by atoms with Gasteiger partial charge in [0.2, 0.25) is 47.3 Å². The molecule has 4 unspecified atom stereocenters. The molecule has 0 radical (unpaired) electrons. The summed E-state index contributed by atoms with van der Waals surface area (Å²) in [5.74, 6) is -6.64. The van der Waals surface area contributed by atoms with E-state index in [0.29, 0.717) is 25.7 Å². The van der Waals surface area contributed by atoms with Crippen LogP contribution in [-0.2, 0) is 47.9 Å². The fourth-order valence-corrected chi connectivity index (χ4v) is 8.23. The first kappa shape index (κ1) is 50.5.